The fourth-order valence-electron chi connectivity index (χ4n) is 1.79. The summed E-state index contributed by atoms with van der Waals surface area (Å²) in [5, 5.41) is 13.7. The first-order valence-corrected chi connectivity index (χ1v) is 7.62. The summed E-state index contributed by atoms with van der Waals surface area (Å²) in [5.41, 5.74) is 5.04. The molecule has 21 heavy (non-hydrogen) atoms. The number of amides is 1. The molecule has 0 aromatic carbocycles. The first-order chi connectivity index (χ1) is 9.82. The number of nitrogens with zero attached hydrogens (tertiary/aromatic N) is 3. The van der Waals surface area contributed by atoms with Crippen molar-refractivity contribution in [1.29, 1.82) is 0 Å². The van der Waals surface area contributed by atoms with Crippen molar-refractivity contribution >= 4 is 13.5 Å². The Morgan fingerprint density at radius 3 is 3.05 bits per heavy atom. The van der Waals surface area contributed by atoms with Gasteiger partial charge in [0.05, 0.1) is 12.7 Å². The third-order valence-corrected chi connectivity index (χ3v) is 3.86. The van der Waals surface area contributed by atoms with Crippen LogP contribution in [0.4, 0.5) is 0 Å². The number of aliphatic hydroxyl groups is 1. The maximum Gasteiger partial charge on any atom is 0.351 e. The van der Waals surface area contributed by atoms with E-state index in [1.54, 1.807) is 0 Å². The molecule has 11 heteroatoms. The summed E-state index contributed by atoms with van der Waals surface area (Å²) < 4.78 is 22.7. The standard InChI is InChI=1S/C10H15N4O6P/c1-2-21(17,18)19-4-7-6(15)3-8(20-7)14-5-12-10(13-14)9(11)16/h2,5-8,15H,1,3-4H2,(H2,11,16)(H,17,18)/t6-,7+,8+/m0/s1. The Labute approximate surface area is 119 Å². The lowest BCUT2D eigenvalue weighted by Crippen LogP contribution is -2.25. The smallest absolute Gasteiger partial charge is 0.351 e. The lowest BCUT2D eigenvalue weighted by molar-refractivity contribution is -0.0447. The van der Waals surface area contributed by atoms with Crippen LogP contribution in [-0.4, -0.2) is 49.5 Å². The van der Waals surface area contributed by atoms with Crippen LogP contribution in [0.3, 0.4) is 0 Å². The zero-order chi connectivity index (χ0) is 15.6. The highest BCUT2D eigenvalue weighted by Gasteiger charge is 2.37. The molecule has 1 unspecified atom stereocenters. The van der Waals surface area contributed by atoms with Gasteiger partial charge < -0.3 is 25.0 Å². The van der Waals surface area contributed by atoms with E-state index in [1.165, 1.54) is 11.0 Å². The molecular weight excluding hydrogens is 303 g/mol. The van der Waals surface area contributed by atoms with Crippen molar-refractivity contribution in [1.82, 2.24) is 14.8 Å². The van der Waals surface area contributed by atoms with Crippen LogP contribution in [0.25, 0.3) is 0 Å². The zero-order valence-corrected chi connectivity index (χ0v) is 11.8. The highest BCUT2D eigenvalue weighted by atomic mass is 31.2. The van der Waals surface area contributed by atoms with Crippen molar-refractivity contribution in [2.24, 2.45) is 5.73 Å². The van der Waals surface area contributed by atoms with E-state index in [9.17, 15) is 19.4 Å². The SMILES string of the molecule is C=CP(=O)(O)OC[C@H]1O[C@@H](n2cnc(C(N)=O)n2)C[C@@H]1O. The van der Waals surface area contributed by atoms with Gasteiger partial charge in [0.2, 0.25) is 5.82 Å². The number of rotatable bonds is 6. The molecule has 0 saturated carbocycles. The van der Waals surface area contributed by atoms with E-state index in [0.29, 0.717) is 0 Å². The van der Waals surface area contributed by atoms with Gasteiger partial charge in [0, 0.05) is 12.2 Å². The first-order valence-electron chi connectivity index (χ1n) is 5.97. The second-order valence-electron chi connectivity index (χ2n) is 4.39. The van der Waals surface area contributed by atoms with Crippen molar-refractivity contribution in [3.8, 4) is 0 Å². The number of primary amides is 1. The minimum absolute atomic E-state index is 0.166. The fraction of sp³-hybridized carbons (Fsp3) is 0.500. The van der Waals surface area contributed by atoms with E-state index in [0.717, 1.165) is 5.82 Å². The summed E-state index contributed by atoms with van der Waals surface area (Å²) in [6.45, 7) is 2.89. The number of carbonyl (C=O) groups is 1. The van der Waals surface area contributed by atoms with E-state index in [1.807, 2.05) is 0 Å². The van der Waals surface area contributed by atoms with Crippen LogP contribution in [0, 0.1) is 0 Å². The van der Waals surface area contributed by atoms with Crippen molar-refractivity contribution in [3.05, 3.63) is 24.5 Å². The molecule has 1 aliphatic heterocycles. The van der Waals surface area contributed by atoms with Gasteiger partial charge in [0.1, 0.15) is 12.4 Å². The van der Waals surface area contributed by atoms with E-state index >= 15 is 0 Å². The third-order valence-electron chi connectivity index (χ3n) is 2.88. The summed E-state index contributed by atoms with van der Waals surface area (Å²) in [6.07, 6.45) is -0.977. The monoisotopic (exact) mass is 318 g/mol. The Hall–Kier alpha value is -1.58. The van der Waals surface area contributed by atoms with Gasteiger partial charge in [-0.2, -0.15) is 0 Å². The number of carbonyl (C=O) groups excluding carboxylic acids is 1. The summed E-state index contributed by atoms with van der Waals surface area (Å²) in [4.78, 5) is 23.8. The Morgan fingerprint density at radius 1 is 1.76 bits per heavy atom. The quantitative estimate of drug-likeness (QED) is 0.587. The second kappa shape index (κ2) is 6.04. The summed E-state index contributed by atoms with van der Waals surface area (Å²) in [7, 11) is -3.88. The average molecular weight is 318 g/mol. The number of aromatic nitrogens is 3. The van der Waals surface area contributed by atoms with E-state index in [2.05, 4.69) is 16.7 Å². The van der Waals surface area contributed by atoms with E-state index in [4.69, 9.17) is 15.0 Å². The fourth-order valence-corrected chi connectivity index (χ4v) is 2.25. The molecule has 4 N–H and O–H groups in total. The van der Waals surface area contributed by atoms with Crippen LogP contribution in [0.2, 0.25) is 0 Å². The third kappa shape index (κ3) is 3.74. The largest absolute Gasteiger partial charge is 0.390 e. The van der Waals surface area contributed by atoms with Crippen LogP contribution < -0.4 is 5.73 Å². The van der Waals surface area contributed by atoms with Gasteiger partial charge in [-0.1, -0.05) is 6.58 Å². The average Bonchev–Trinajstić information content (AvgIpc) is 3.03. The topological polar surface area (TPSA) is 150 Å². The van der Waals surface area contributed by atoms with Crippen molar-refractivity contribution in [3.63, 3.8) is 0 Å². The van der Waals surface area contributed by atoms with E-state index < -0.39 is 31.9 Å². The normalized spacial score (nSPS) is 28.2. The maximum absolute atomic E-state index is 11.3. The van der Waals surface area contributed by atoms with Crippen LogP contribution >= 0.6 is 7.60 Å². The van der Waals surface area contributed by atoms with Gasteiger partial charge in [-0.25, -0.2) is 9.67 Å². The first kappa shape index (κ1) is 15.8. The molecule has 1 aliphatic rings. The lowest BCUT2D eigenvalue weighted by Gasteiger charge is -2.16. The number of aliphatic hydroxyl groups excluding tert-OH is 1. The van der Waals surface area contributed by atoms with Crippen molar-refractivity contribution < 1.29 is 28.6 Å². The molecule has 1 saturated heterocycles. The zero-order valence-electron chi connectivity index (χ0n) is 10.9. The van der Waals surface area contributed by atoms with E-state index in [-0.39, 0.29) is 18.9 Å². The molecule has 1 aromatic heterocycles. The van der Waals surface area contributed by atoms with Gasteiger partial charge in [-0.05, 0) is 0 Å². The molecule has 116 valence electrons. The van der Waals surface area contributed by atoms with Gasteiger partial charge in [-0.3, -0.25) is 9.36 Å². The van der Waals surface area contributed by atoms with Crippen LogP contribution in [-0.2, 0) is 13.8 Å². The molecule has 1 aromatic rings. The Balaban J connectivity index is 1.98. The molecular formula is C10H15N4O6P. The molecule has 0 bridgehead atoms. The van der Waals surface area contributed by atoms with Gasteiger partial charge in [0.25, 0.3) is 5.91 Å². The molecule has 1 amide bonds. The highest BCUT2D eigenvalue weighted by Crippen LogP contribution is 2.43. The van der Waals surface area contributed by atoms with Gasteiger partial charge in [-0.15, -0.1) is 5.10 Å². The molecule has 0 aliphatic carbocycles. The maximum atomic E-state index is 11.3. The predicted octanol–water partition coefficient (Wildman–Crippen LogP) is -0.629. The molecule has 0 radical (unpaired) electrons. The molecule has 2 rings (SSSR count). The number of hydrogen-bond donors (Lipinski definition) is 3. The van der Waals surface area contributed by atoms with Crippen molar-refractivity contribution in [2.75, 3.05) is 6.61 Å². The summed E-state index contributed by atoms with van der Waals surface area (Å²) in [5.74, 6) is -0.152. The number of nitrogens with two attached hydrogens (primary N) is 1. The summed E-state index contributed by atoms with van der Waals surface area (Å²) in [6, 6.07) is 0. The predicted molar refractivity (Wildman–Crippen MR) is 69.0 cm³/mol. The molecule has 0 spiro atoms. The van der Waals surface area contributed by atoms with Gasteiger partial charge >= 0.3 is 7.60 Å². The lowest BCUT2D eigenvalue weighted by atomic mass is 10.2. The number of ether oxygens (including phenoxy) is 1. The van der Waals surface area contributed by atoms with Crippen LogP contribution in [0.1, 0.15) is 23.3 Å². The molecule has 10 nitrogen and oxygen atoms in total. The Bertz CT molecular complexity index is 590. The Kier molecular flexibility index (Phi) is 4.55. The Morgan fingerprint density at radius 2 is 2.48 bits per heavy atom. The minimum atomic E-state index is -3.88. The van der Waals surface area contributed by atoms with Crippen molar-refractivity contribution in [2.45, 2.75) is 24.9 Å². The highest BCUT2D eigenvalue weighted by molar-refractivity contribution is 7.56. The second-order valence-corrected chi connectivity index (χ2v) is 6.14. The van der Waals surface area contributed by atoms with Gasteiger partial charge in [0.15, 0.2) is 6.23 Å². The molecule has 2 heterocycles. The van der Waals surface area contributed by atoms with Crippen LogP contribution in [0.5, 0.6) is 0 Å². The summed E-state index contributed by atoms with van der Waals surface area (Å²) >= 11 is 0. The number of hydrogen-bond acceptors (Lipinski definition) is 7. The molecule has 1 fully saturated rings. The molecule has 4 atom stereocenters. The van der Waals surface area contributed by atoms with Crippen LogP contribution in [0.15, 0.2) is 18.7 Å². The minimum Gasteiger partial charge on any atom is -0.390 e.